The van der Waals surface area contributed by atoms with Crippen molar-refractivity contribution in [1.82, 2.24) is 0 Å². The van der Waals surface area contributed by atoms with Crippen LogP contribution in [0.1, 0.15) is 50.1 Å². The molecule has 0 spiro atoms. The summed E-state index contributed by atoms with van der Waals surface area (Å²) < 4.78 is 1.20. The summed E-state index contributed by atoms with van der Waals surface area (Å²) in [6.45, 7) is 0. The van der Waals surface area contributed by atoms with E-state index < -0.39 is 0 Å². The Labute approximate surface area is 104 Å². The number of nitrogens with two attached hydrogens (primary N) is 1. The first-order chi connectivity index (χ1) is 7.29. The summed E-state index contributed by atoms with van der Waals surface area (Å²) in [5.74, 6) is 0.693. The second-order valence-electron chi connectivity index (χ2n) is 4.45. The van der Waals surface area contributed by atoms with Crippen molar-refractivity contribution in [2.24, 2.45) is 11.7 Å². The van der Waals surface area contributed by atoms with Crippen LogP contribution in [0.4, 0.5) is 0 Å². The van der Waals surface area contributed by atoms with Crippen LogP contribution in [0.3, 0.4) is 0 Å². The lowest BCUT2D eigenvalue weighted by Gasteiger charge is -2.22. The van der Waals surface area contributed by atoms with Gasteiger partial charge in [0, 0.05) is 15.9 Å². The summed E-state index contributed by atoms with van der Waals surface area (Å²) in [5, 5.41) is 4.32. The monoisotopic (exact) mass is 287 g/mol. The highest BCUT2D eigenvalue weighted by Gasteiger charge is 2.22. The molecule has 0 aliphatic heterocycles. The topological polar surface area (TPSA) is 26.0 Å². The van der Waals surface area contributed by atoms with E-state index in [-0.39, 0.29) is 6.04 Å². The second kappa shape index (κ2) is 5.46. The summed E-state index contributed by atoms with van der Waals surface area (Å²) in [6, 6.07) is 0.240. The zero-order valence-electron chi connectivity index (χ0n) is 8.92. The van der Waals surface area contributed by atoms with E-state index in [2.05, 4.69) is 26.7 Å². The van der Waals surface area contributed by atoms with Crippen LogP contribution in [0.15, 0.2) is 15.2 Å². The molecule has 1 fully saturated rings. The van der Waals surface area contributed by atoms with E-state index in [0.29, 0.717) is 5.92 Å². The zero-order valence-corrected chi connectivity index (χ0v) is 11.3. The van der Waals surface area contributed by atoms with E-state index in [1.54, 1.807) is 11.3 Å². The van der Waals surface area contributed by atoms with Crippen LogP contribution in [0.5, 0.6) is 0 Å². The summed E-state index contributed by atoms with van der Waals surface area (Å²) in [6.07, 6.45) is 8.13. The molecule has 2 N–H and O–H groups in total. The maximum absolute atomic E-state index is 6.36. The molecule has 1 aromatic rings. The molecule has 0 radical (unpaired) electrons. The van der Waals surface area contributed by atoms with Gasteiger partial charge in [-0.3, -0.25) is 0 Å². The van der Waals surface area contributed by atoms with Crippen molar-refractivity contribution in [2.45, 2.75) is 44.6 Å². The van der Waals surface area contributed by atoms with E-state index in [4.69, 9.17) is 5.73 Å². The first-order valence-corrected chi connectivity index (χ1v) is 7.50. The summed E-state index contributed by atoms with van der Waals surface area (Å²) in [7, 11) is 0. The molecule has 1 nitrogen and oxygen atoms in total. The third kappa shape index (κ3) is 2.83. The molecule has 84 valence electrons. The Kier molecular flexibility index (Phi) is 4.23. The fraction of sp³-hybridized carbons (Fsp3) is 0.667. The van der Waals surface area contributed by atoms with Crippen molar-refractivity contribution in [3.8, 4) is 0 Å². The van der Waals surface area contributed by atoms with Crippen LogP contribution >= 0.6 is 27.3 Å². The molecule has 15 heavy (non-hydrogen) atoms. The standard InChI is InChI=1S/C12H18BrNS/c13-11-8-15-7-10(11)12(14)9-5-3-1-2-4-6-9/h7-9,12H,1-6,14H2. The molecule has 0 amide bonds. The molecule has 0 aromatic carbocycles. The average molecular weight is 288 g/mol. The lowest BCUT2D eigenvalue weighted by atomic mass is 9.89. The first kappa shape index (κ1) is 11.6. The van der Waals surface area contributed by atoms with Gasteiger partial charge in [0.1, 0.15) is 0 Å². The summed E-state index contributed by atoms with van der Waals surface area (Å²) in [5.41, 5.74) is 7.67. The minimum absolute atomic E-state index is 0.240. The fourth-order valence-corrected chi connectivity index (χ4v) is 4.06. The number of halogens is 1. The Morgan fingerprint density at radius 2 is 1.87 bits per heavy atom. The fourth-order valence-electron chi connectivity index (χ4n) is 2.45. The lowest BCUT2D eigenvalue weighted by Crippen LogP contribution is -2.20. The predicted octanol–water partition coefficient (Wildman–Crippen LogP) is 4.48. The van der Waals surface area contributed by atoms with Crippen molar-refractivity contribution >= 4 is 27.3 Å². The molecule has 1 aromatic heterocycles. The van der Waals surface area contributed by atoms with Crippen molar-refractivity contribution in [1.29, 1.82) is 0 Å². The number of rotatable bonds is 2. The van der Waals surface area contributed by atoms with Gasteiger partial charge in [-0.25, -0.2) is 0 Å². The highest BCUT2D eigenvalue weighted by atomic mass is 79.9. The van der Waals surface area contributed by atoms with Gasteiger partial charge in [0.25, 0.3) is 0 Å². The number of hydrogen-bond donors (Lipinski definition) is 1. The summed E-state index contributed by atoms with van der Waals surface area (Å²) >= 11 is 5.32. The molecule has 1 aliphatic carbocycles. The maximum atomic E-state index is 6.36. The van der Waals surface area contributed by atoms with Gasteiger partial charge >= 0.3 is 0 Å². The van der Waals surface area contributed by atoms with Gasteiger partial charge in [-0.1, -0.05) is 25.7 Å². The molecular formula is C12H18BrNS. The Hall–Kier alpha value is 0.140. The third-order valence-corrected chi connectivity index (χ3v) is 5.16. The van der Waals surface area contributed by atoms with E-state index >= 15 is 0 Å². The Morgan fingerprint density at radius 1 is 1.20 bits per heavy atom. The highest BCUT2D eigenvalue weighted by molar-refractivity contribution is 9.10. The quantitative estimate of drug-likeness (QED) is 0.798. The normalized spacial score (nSPS) is 21.2. The first-order valence-electron chi connectivity index (χ1n) is 5.76. The molecule has 1 heterocycles. The van der Waals surface area contributed by atoms with Crippen LogP contribution in [0.2, 0.25) is 0 Å². The van der Waals surface area contributed by atoms with Gasteiger partial charge in [0.15, 0.2) is 0 Å². The minimum Gasteiger partial charge on any atom is -0.324 e. The van der Waals surface area contributed by atoms with E-state index in [9.17, 15) is 0 Å². The smallest absolute Gasteiger partial charge is 0.0343 e. The molecule has 1 unspecified atom stereocenters. The molecule has 1 aliphatic rings. The van der Waals surface area contributed by atoms with Gasteiger partial charge in [0.2, 0.25) is 0 Å². The van der Waals surface area contributed by atoms with E-state index in [1.807, 2.05) is 0 Å². The highest BCUT2D eigenvalue weighted by Crippen LogP contribution is 2.36. The van der Waals surface area contributed by atoms with Crippen molar-refractivity contribution in [2.75, 3.05) is 0 Å². The number of hydrogen-bond acceptors (Lipinski definition) is 2. The van der Waals surface area contributed by atoms with Crippen LogP contribution < -0.4 is 5.73 Å². The maximum Gasteiger partial charge on any atom is 0.0343 e. The van der Waals surface area contributed by atoms with Crippen molar-refractivity contribution < 1.29 is 0 Å². The van der Waals surface area contributed by atoms with Gasteiger partial charge in [-0.15, -0.1) is 0 Å². The zero-order chi connectivity index (χ0) is 10.7. The lowest BCUT2D eigenvalue weighted by molar-refractivity contribution is 0.382. The Morgan fingerprint density at radius 3 is 2.40 bits per heavy atom. The van der Waals surface area contributed by atoms with Gasteiger partial charge in [-0.05, 0) is 45.6 Å². The SMILES string of the molecule is NC(c1cscc1Br)C1CCCCCC1. The van der Waals surface area contributed by atoms with E-state index in [0.717, 1.165) is 0 Å². The van der Waals surface area contributed by atoms with E-state index in [1.165, 1.54) is 48.6 Å². The van der Waals surface area contributed by atoms with Gasteiger partial charge < -0.3 is 5.73 Å². The predicted molar refractivity (Wildman–Crippen MR) is 70.1 cm³/mol. The molecule has 3 heteroatoms. The molecule has 1 saturated carbocycles. The molecule has 2 rings (SSSR count). The van der Waals surface area contributed by atoms with Crippen LogP contribution in [0, 0.1) is 5.92 Å². The largest absolute Gasteiger partial charge is 0.324 e. The van der Waals surface area contributed by atoms with Crippen LogP contribution in [-0.4, -0.2) is 0 Å². The molecular weight excluding hydrogens is 270 g/mol. The Bertz CT molecular complexity index is 302. The van der Waals surface area contributed by atoms with Gasteiger partial charge in [0.05, 0.1) is 0 Å². The molecule has 1 atom stereocenters. The van der Waals surface area contributed by atoms with Crippen molar-refractivity contribution in [3.05, 3.63) is 20.8 Å². The Balaban J connectivity index is 2.06. The number of thiophene rings is 1. The van der Waals surface area contributed by atoms with Crippen LogP contribution in [-0.2, 0) is 0 Å². The second-order valence-corrected chi connectivity index (χ2v) is 6.05. The van der Waals surface area contributed by atoms with Crippen molar-refractivity contribution in [3.63, 3.8) is 0 Å². The van der Waals surface area contributed by atoms with Gasteiger partial charge in [-0.2, -0.15) is 11.3 Å². The molecule has 0 saturated heterocycles. The van der Waals surface area contributed by atoms with Crippen LogP contribution in [0.25, 0.3) is 0 Å². The minimum atomic E-state index is 0.240. The third-order valence-electron chi connectivity index (χ3n) is 3.41. The average Bonchev–Trinajstić information content (AvgIpc) is 2.53. The molecule has 0 bridgehead atoms. The summed E-state index contributed by atoms with van der Waals surface area (Å²) in [4.78, 5) is 0.